The van der Waals surface area contributed by atoms with Crippen LogP contribution in [0.4, 0.5) is 0 Å². The third-order valence-electron chi connectivity index (χ3n) is 2.37. The van der Waals surface area contributed by atoms with E-state index in [1.54, 1.807) is 7.11 Å². The Labute approximate surface area is 92.0 Å². The maximum atomic E-state index is 11.4. The number of methoxy groups -OCH3 is 1. The topological polar surface area (TPSA) is 58.6 Å². The van der Waals surface area contributed by atoms with Gasteiger partial charge in [0, 0.05) is 32.1 Å². The standard InChI is InChI=1S/C11H23NO3/c1-9(15-4)5-6-10(14)12-7-11(2,3)8-13/h9,13H,5-8H2,1-4H3,(H,12,14). The fourth-order valence-corrected chi connectivity index (χ4v) is 0.934. The minimum absolute atomic E-state index is 0.0143. The molecule has 0 fully saturated rings. The van der Waals surface area contributed by atoms with E-state index in [1.165, 1.54) is 0 Å². The summed E-state index contributed by atoms with van der Waals surface area (Å²) in [5.74, 6) is 0.0143. The number of aliphatic hydroxyl groups is 1. The summed E-state index contributed by atoms with van der Waals surface area (Å²) in [6.07, 6.45) is 1.31. The average molecular weight is 217 g/mol. The highest BCUT2D eigenvalue weighted by molar-refractivity contribution is 5.75. The molecule has 0 aromatic rings. The van der Waals surface area contributed by atoms with Crippen molar-refractivity contribution in [1.82, 2.24) is 5.32 Å². The molecular weight excluding hydrogens is 194 g/mol. The molecule has 1 unspecified atom stereocenters. The Bertz CT molecular complexity index is 192. The van der Waals surface area contributed by atoms with Crippen molar-refractivity contribution in [2.75, 3.05) is 20.3 Å². The lowest BCUT2D eigenvalue weighted by molar-refractivity contribution is -0.122. The van der Waals surface area contributed by atoms with Crippen molar-refractivity contribution in [3.63, 3.8) is 0 Å². The molecule has 1 atom stereocenters. The molecule has 0 aromatic carbocycles. The molecular formula is C11H23NO3. The van der Waals surface area contributed by atoms with Crippen LogP contribution in [0.25, 0.3) is 0 Å². The van der Waals surface area contributed by atoms with Gasteiger partial charge in [0.2, 0.25) is 5.91 Å². The predicted octanol–water partition coefficient (Wildman–Crippen LogP) is 0.936. The van der Waals surface area contributed by atoms with E-state index in [0.717, 1.165) is 6.42 Å². The van der Waals surface area contributed by atoms with Crippen LogP contribution in [0.15, 0.2) is 0 Å². The van der Waals surface area contributed by atoms with Crippen LogP contribution < -0.4 is 5.32 Å². The van der Waals surface area contributed by atoms with Crippen molar-refractivity contribution in [3.05, 3.63) is 0 Å². The fourth-order valence-electron chi connectivity index (χ4n) is 0.934. The number of carbonyl (C=O) groups is 1. The minimum atomic E-state index is -0.247. The number of carbonyl (C=O) groups excluding carboxylic acids is 1. The van der Waals surface area contributed by atoms with E-state index in [9.17, 15) is 4.79 Å². The lowest BCUT2D eigenvalue weighted by atomic mass is 9.95. The number of nitrogens with one attached hydrogen (secondary N) is 1. The second-order valence-electron chi connectivity index (χ2n) is 4.68. The summed E-state index contributed by atoms with van der Waals surface area (Å²) in [4.78, 5) is 11.4. The number of aliphatic hydroxyl groups excluding tert-OH is 1. The van der Waals surface area contributed by atoms with Crippen molar-refractivity contribution in [2.45, 2.75) is 39.7 Å². The summed E-state index contributed by atoms with van der Waals surface area (Å²) < 4.78 is 5.05. The van der Waals surface area contributed by atoms with Gasteiger partial charge in [-0.3, -0.25) is 4.79 Å². The zero-order valence-electron chi connectivity index (χ0n) is 10.2. The Morgan fingerprint density at radius 2 is 2.13 bits per heavy atom. The SMILES string of the molecule is COC(C)CCC(=O)NCC(C)(C)CO. The van der Waals surface area contributed by atoms with Crippen molar-refractivity contribution >= 4 is 5.91 Å². The van der Waals surface area contributed by atoms with Crippen molar-refractivity contribution in [2.24, 2.45) is 5.41 Å². The van der Waals surface area contributed by atoms with Gasteiger partial charge in [-0.1, -0.05) is 13.8 Å². The van der Waals surface area contributed by atoms with Gasteiger partial charge in [-0.2, -0.15) is 0 Å². The van der Waals surface area contributed by atoms with Crippen LogP contribution in [0.1, 0.15) is 33.6 Å². The quantitative estimate of drug-likeness (QED) is 0.667. The van der Waals surface area contributed by atoms with Gasteiger partial charge in [-0.15, -0.1) is 0 Å². The molecule has 4 nitrogen and oxygen atoms in total. The number of hydrogen-bond acceptors (Lipinski definition) is 3. The van der Waals surface area contributed by atoms with E-state index >= 15 is 0 Å². The fraction of sp³-hybridized carbons (Fsp3) is 0.909. The molecule has 90 valence electrons. The van der Waals surface area contributed by atoms with Crippen LogP contribution in [0.3, 0.4) is 0 Å². The van der Waals surface area contributed by atoms with Crippen LogP contribution in [-0.4, -0.2) is 37.4 Å². The molecule has 0 heterocycles. The van der Waals surface area contributed by atoms with Crippen molar-refractivity contribution in [1.29, 1.82) is 0 Å². The molecule has 0 rings (SSSR count). The van der Waals surface area contributed by atoms with Crippen LogP contribution >= 0.6 is 0 Å². The van der Waals surface area contributed by atoms with Crippen LogP contribution in [0, 0.1) is 5.41 Å². The monoisotopic (exact) mass is 217 g/mol. The number of amides is 1. The minimum Gasteiger partial charge on any atom is -0.396 e. The van der Waals surface area contributed by atoms with Gasteiger partial charge >= 0.3 is 0 Å². The zero-order chi connectivity index (χ0) is 11.9. The first kappa shape index (κ1) is 14.4. The van der Waals surface area contributed by atoms with Gasteiger partial charge in [0.25, 0.3) is 0 Å². The van der Waals surface area contributed by atoms with Gasteiger partial charge in [0.1, 0.15) is 0 Å². The van der Waals surface area contributed by atoms with E-state index in [4.69, 9.17) is 9.84 Å². The third kappa shape index (κ3) is 7.33. The van der Waals surface area contributed by atoms with Gasteiger partial charge < -0.3 is 15.2 Å². The van der Waals surface area contributed by atoms with Gasteiger partial charge in [-0.05, 0) is 13.3 Å². The second kappa shape index (κ2) is 6.80. The molecule has 0 aliphatic carbocycles. The summed E-state index contributed by atoms with van der Waals surface area (Å²) >= 11 is 0. The zero-order valence-corrected chi connectivity index (χ0v) is 10.2. The summed E-state index contributed by atoms with van der Waals surface area (Å²) in [5.41, 5.74) is -0.247. The normalized spacial score (nSPS) is 13.7. The molecule has 0 saturated heterocycles. The molecule has 15 heavy (non-hydrogen) atoms. The Balaban J connectivity index is 3.67. The van der Waals surface area contributed by atoms with E-state index < -0.39 is 0 Å². The number of hydrogen-bond donors (Lipinski definition) is 2. The van der Waals surface area contributed by atoms with Crippen molar-refractivity contribution in [3.8, 4) is 0 Å². The summed E-state index contributed by atoms with van der Waals surface area (Å²) in [6, 6.07) is 0. The first-order valence-corrected chi connectivity index (χ1v) is 5.31. The molecule has 2 N–H and O–H groups in total. The van der Waals surface area contributed by atoms with E-state index in [2.05, 4.69) is 5.32 Å². The summed E-state index contributed by atoms with van der Waals surface area (Å²) in [6.45, 7) is 6.33. The highest BCUT2D eigenvalue weighted by Crippen LogP contribution is 2.11. The Hall–Kier alpha value is -0.610. The van der Waals surface area contributed by atoms with Crippen molar-refractivity contribution < 1.29 is 14.6 Å². The second-order valence-corrected chi connectivity index (χ2v) is 4.68. The van der Waals surface area contributed by atoms with Crippen LogP contribution in [0.5, 0.6) is 0 Å². The molecule has 0 bridgehead atoms. The van der Waals surface area contributed by atoms with Crippen LogP contribution in [-0.2, 0) is 9.53 Å². The molecule has 0 saturated carbocycles. The third-order valence-corrected chi connectivity index (χ3v) is 2.37. The maximum absolute atomic E-state index is 11.4. The molecule has 0 aliphatic heterocycles. The van der Waals surface area contributed by atoms with E-state index in [0.29, 0.717) is 13.0 Å². The van der Waals surface area contributed by atoms with Gasteiger partial charge in [0.15, 0.2) is 0 Å². The number of ether oxygens (including phenoxy) is 1. The molecule has 0 aromatic heterocycles. The lowest BCUT2D eigenvalue weighted by Gasteiger charge is -2.22. The Morgan fingerprint density at radius 1 is 1.53 bits per heavy atom. The molecule has 4 heteroatoms. The first-order valence-electron chi connectivity index (χ1n) is 5.31. The van der Waals surface area contributed by atoms with E-state index in [1.807, 2.05) is 20.8 Å². The summed E-state index contributed by atoms with van der Waals surface area (Å²) in [5, 5.41) is 11.8. The van der Waals surface area contributed by atoms with Crippen LogP contribution in [0.2, 0.25) is 0 Å². The molecule has 1 amide bonds. The van der Waals surface area contributed by atoms with Gasteiger partial charge in [-0.25, -0.2) is 0 Å². The Morgan fingerprint density at radius 3 is 2.60 bits per heavy atom. The molecule has 0 spiro atoms. The number of rotatable bonds is 7. The highest BCUT2D eigenvalue weighted by atomic mass is 16.5. The first-order chi connectivity index (χ1) is 6.91. The average Bonchev–Trinajstić information content (AvgIpc) is 2.23. The highest BCUT2D eigenvalue weighted by Gasteiger charge is 2.17. The van der Waals surface area contributed by atoms with E-state index in [-0.39, 0.29) is 24.0 Å². The molecule has 0 radical (unpaired) electrons. The van der Waals surface area contributed by atoms with Gasteiger partial charge in [0.05, 0.1) is 6.10 Å². The molecule has 0 aliphatic rings. The predicted molar refractivity (Wildman–Crippen MR) is 59.6 cm³/mol. The smallest absolute Gasteiger partial charge is 0.220 e. The largest absolute Gasteiger partial charge is 0.396 e. The Kier molecular flexibility index (Phi) is 6.52. The summed E-state index contributed by atoms with van der Waals surface area (Å²) in [7, 11) is 1.64. The lowest BCUT2D eigenvalue weighted by Crippen LogP contribution is -2.36. The maximum Gasteiger partial charge on any atom is 0.220 e.